The van der Waals surface area contributed by atoms with Gasteiger partial charge < -0.3 is 15.8 Å². The average molecular weight is 396 g/mol. The zero-order valence-electron chi connectivity index (χ0n) is 15.8. The summed E-state index contributed by atoms with van der Waals surface area (Å²) >= 11 is 6.14. The minimum absolute atomic E-state index is 0.122. The number of ether oxygens (including phenoxy) is 1. The fourth-order valence-electron chi connectivity index (χ4n) is 2.67. The fraction of sp³-hybridized carbons (Fsp3) is 0.182. The summed E-state index contributed by atoms with van der Waals surface area (Å²) < 4.78 is 6.03. The molecule has 0 saturated carbocycles. The Morgan fingerprint density at radius 3 is 2.64 bits per heavy atom. The van der Waals surface area contributed by atoms with Gasteiger partial charge in [-0.2, -0.15) is 0 Å². The molecule has 6 heteroatoms. The van der Waals surface area contributed by atoms with Crippen molar-refractivity contribution < 1.29 is 9.53 Å². The van der Waals surface area contributed by atoms with Crippen molar-refractivity contribution in [2.75, 3.05) is 5.73 Å². The van der Waals surface area contributed by atoms with Crippen LogP contribution in [0.5, 0.6) is 11.5 Å². The number of carbonyl (C=O) groups is 1. The number of aromatic nitrogens is 1. The maximum atomic E-state index is 12.3. The van der Waals surface area contributed by atoms with Gasteiger partial charge in [-0.15, -0.1) is 0 Å². The highest BCUT2D eigenvalue weighted by molar-refractivity contribution is 6.30. The van der Waals surface area contributed by atoms with Gasteiger partial charge in [-0.25, -0.2) is 4.98 Å². The van der Waals surface area contributed by atoms with Gasteiger partial charge in [0.1, 0.15) is 17.3 Å². The molecule has 0 bridgehead atoms. The summed E-state index contributed by atoms with van der Waals surface area (Å²) in [6, 6.07) is 14.8. The van der Waals surface area contributed by atoms with Crippen LogP contribution in [-0.2, 0) is 17.8 Å². The summed E-state index contributed by atoms with van der Waals surface area (Å²) in [5, 5.41) is 3.48. The standard InChI is InChI=1S/C22H22ClN3O2/c1-14-3-6-19(9-15(14)2)28-20-7-5-18(23)11-17(20)13-26-22(27)10-16-4-8-21(24)25-12-16/h3-9,11-12H,10,13H2,1-2H3,(H2,24,25)(H,26,27). The number of carbonyl (C=O) groups excluding carboxylic acids is 1. The Morgan fingerprint density at radius 1 is 1.11 bits per heavy atom. The van der Waals surface area contributed by atoms with E-state index >= 15 is 0 Å². The minimum atomic E-state index is -0.122. The maximum Gasteiger partial charge on any atom is 0.224 e. The smallest absolute Gasteiger partial charge is 0.224 e. The number of nitrogens with two attached hydrogens (primary N) is 1. The maximum absolute atomic E-state index is 12.3. The number of anilines is 1. The minimum Gasteiger partial charge on any atom is -0.457 e. The van der Waals surface area contributed by atoms with Gasteiger partial charge in [0.2, 0.25) is 5.91 Å². The fourth-order valence-corrected chi connectivity index (χ4v) is 2.87. The molecule has 144 valence electrons. The van der Waals surface area contributed by atoms with Crippen LogP contribution in [0.15, 0.2) is 54.7 Å². The van der Waals surface area contributed by atoms with Crippen LogP contribution in [0.25, 0.3) is 0 Å². The molecule has 0 atom stereocenters. The van der Waals surface area contributed by atoms with Crippen molar-refractivity contribution in [2.24, 2.45) is 0 Å². The Hall–Kier alpha value is -3.05. The number of nitrogens with zero attached hydrogens (tertiary/aromatic N) is 1. The molecule has 0 radical (unpaired) electrons. The molecule has 1 amide bonds. The number of amides is 1. The SMILES string of the molecule is Cc1ccc(Oc2ccc(Cl)cc2CNC(=O)Cc2ccc(N)nc2)cc1C. The number of hydrogen-bond donors (Lipinski definition) is 2. The van der Waals surface area contributed by atoms with E-state index in [0.717, 1.165) is 22.4 Å². The lowest BCUT2D eigenvalue weighted by atomic mass is 10.1. The quantitative estimate of drug-likeness (QED) is 0.640. The first-order valence-electron chi connectivity index (χ1n) is 8.91. The molecule has 3 aromatic rings. The van der Waals surface area contributed by atoms with E-state index in [0.29, 0.717) is 23.1 Å². The summed E-state index contributed by atoms with van der Waals surface area (Å²) in [6.45, 7) is 4.40. The van der Waals surface area contributed by atoms with E-state index in [1.54, 1.807) is 30.5 Å². The van der Waals surface area contributed by atoms with Gasteiger partial charge in [-0.05, 0) is 66.9 Å². The van der Waals surface area contributed by atoms with Gasteiger partial charge in [0, 0.05) is 23.3 Å². The molecule has 3 N–H and O–H groups in total. The van der Waals surface area contributed by atoms with E-state index in [9.17, 15) is 4.79 Å². The molecular weight excluding hydrogens is 374 g/mol. The van der Waals surface area contributed by atoms with Crippen molar-refractivity contribution in [3.05, 3.63) is 82.0 Å². The van der Waals surface area contributed by atoms with Gasteiger partial charge in [0.25, 0.3) is 0 Å². The Morgan fingerprint density at radius 2 is 1.93 bits per heavy atom. The molecule has 3 rings (SSSR count). The predicted molar refractivity (Wildman–Crippen MR) is 112 cm³/mol. The summed E-state index contributed by atoms with van der Waals surface area (Å²) in [6.07, 6.45) is 1.82. The van der Waals surface area contributed by atoms with Crippen LogP contribution >= 0.6 is 11.6 Å². The van der Waals surface area contributed by atoms with Crippen molar-refractivity contribution in [3.63, 3.8) is 0 Å². The molecule has 0 aliphatic rings. The first-order valence-corrected chi connectivity index (χ1v) is 9.29. The summed E-state index contributed by atoms with van der Waals surface area (Å²) in [4.78, 5) is 16.3. The third-order valence-electron chi connectivity index (χ3n) is 4.42. The summed E-state index contributed by atoms with van der Waals surface area (Å²) in [7, 11) is 0. The molecule has 1 heterocycles. The third kappa shape index (κ3) is 5.24. The van der Waals surface area contributed by atoms with Crippen LogP contribution in [-0.4, -0.2) is 10.9 Å². The lowest BCUT2D eigenvalue weighted by Gasteiger charge is -2.13. The van der Waals surface area contributed by atoms with Crippen LogP contribution in [0.2, 0.25) is 5.02 Å². The number of aryl methyl sites for hydroxylation is 2. The molecule has 1 aromatic heterocycles. The molecule has 0 spiro atoms. The lowest BCUT2D eigenvalue weighted by molar-refractivity contribution is -0.120. The highest BCUT2D eigenvalue weighted by Gasteiger charge is 2.10. The van der Waals surface area contributed by atoms with Gasteiger partial charge in [-0.1, -0.05) is 23.7 Å². The van der Waals surface area contributed by atoms with Crippen molar-refractivity contribution in [1.29, 1.82) is 0 Å². The van der Waals surface area contributed by atoms with E-state index in [-0.39, 0.29) is 12.3 Å². The van der Waals surface area contributed by atoms with Gasteiger partial charge in [0.05, 0.1) is 6.42 Å². The average Bonchev–Trinajstić information content (AvgIpc) is 2.67. The monoisotopic (exact) mass is 395 g/mol. The Kier molecular flexibility index (Phi) is 6.16. The third-order valence-corrected chi connectivity index (χ3v) is 4.65. The van der Waals surface area contributed by atoms with Crippen LogP contribution in [0.4, 0.5) is 5.82 Å². The van der Waals surface area contributed by atoms with E-state index < -0.39 is 0 Å². The Labute approximate surface area is 169 Å². The Bertz CT molecular complexity index is 988. The van der Waals surface area contributed by atoms with Gasteiger partial charge in [-0.3, -0.25) is 4.79 Å². The van der Waals surface area contributed by atoms with E-state index in [4.69, 9.17) is 22.1 Å². The number of pyridine rings is 1. The zero-order chi connectivity index (χ0) is 20.1. The summed E-state index contributed by atoms with van der Waals surface area (Å²) in [5.41, 5.74) is 9.52. The number of halogens is 1. The van der Waals surface area contributed by atoms with Crippen LogP contribution in [0.1, 0.15) is 22.3 Å². The lowest BCUT2D eigenvalue weighted by Crippen LogP contribution is -2.24. The molecule has 0 saturated heterocycles. The molecule has 0 fully saturated rings. The van der Waals surface area contributed by atoms with Gasteiger partial charge >= 0.3 is 0 Å². The zero-order valence-corrected chi connectivity index (χ0v) is 16.6. The van der Waals surface area contributed by atoms with Crippen LogP contribution in [0, 0.1) is 13.8 Å². The number of hydrogen-bond acceptors (Lipinski definition) is 4. The first kappa shape index (κ1) is 19.7. The molecule has 2 aromatic carbocycles. The van der Waals surface area contributed by atoms with Crippen LogP contribution in [0.3, 0.4) is 0 Å². The summed E-state index contributed by atoms with van der Waals surface area (Å²) in [5.74, 6) is 1.70. The highest BCUT2D eigenvalue weighted by atomic mass is 35.5. The topological polar surface area (TPSA) is 77.2 Å². The normalized spacial score (nSPS) is 10.5. The molecule has 0 aliphatic carbocycles. The number of rotatable bonds is 6. The Balaban J connectivity index is 1.68. The highest BCUT2D eigenvalue weighted by Crippen LogP contribution is 2.29. The number of nitrogens with one attached hydrogen (secondary N) is 1. The van der Waals surface area contributed by atoms with Crippen molar-refractivity contribution in [1.82, 2.24) is 10.3 Å². The second kappa shape index (κ2) is 8.76. The molecule has 28 heavy (non-hydrogen) atoms. The van der Waals surface area contributed by atoms with Crippen molar-refractivity contribution >= 4 is 23.3 Å². The number of benzene rings is 2. The van der Waals surface area contributed by atoms with Crippen LogP contribution < -0.4 is 15.8 Å². The van der Waals surface area contributed by atoms with E-state index in [2.05, 4.69) is 17.2 Å². The largest absolute Gasteiger partial charge is 0.457 e. The molecule has 0 unspecified atom stereocenters. The van der Waals surface area contributed by atoms with Crippen molar-refractivity contribution in [2.45, 2.75) is 26.8 Å². The van der Waals surface area contributed by atoms with E-state index in [1.807, 2.05) is 31.2 Å². The molecule has 0 aliphatic heterocycles. The first-order chi connectivity index (χ1) is 13.4. The second-order valence-corrected chi connectivity index (χ2v) is 7.08. The second-order valence-electron chi connectivity index (χ2n) is 6.64. The van der Waals surface area contributed by atoms with Crippen molar-refractivity contribution in [3.8, 4) is 11.5 Å². The van der Waals surface area contributed by atoms with Gasteiger partial charge in [0.15, 0.2) is 0 Å². The predicted octanol–water partition coefficient (Wildman–Crippen LogP) is 4.59. The molecule has 5 nitrogen and oxygen atoms in total. The molecular formula is C22H22ClN3O2. The van der Waals surface area contributed by atoms with E-state index in [1.165, 1.54) is 5.56 Å². The number of nitrogen functional groups attached to an aromatic ring is 1.